The molecule has 3 rings (SSSR count). The molecule has 120 valence electrons. The molecule has 1 aliphatic rings. The molecule has 0 bridgehead atoms. The summed E-state index contributed by atoms with van der Waals surface area (Å²) in [6, 6.07) is 0. The fourth-order valence-corrected chi connectivity index (χ4v) is 4.66. The number of aryl methyl sites for hydroxylation is 2. The first-order valence-electron chi connectivity index (χ1n) is 7.61. The molecule has 0 aliphatic heterocycles. The third-order valence-corrected chi connectivity index (χ3v) is 5.80. The van der Waals surface area contributed by atoms with E-state index in [-0.39, 0.29) is 13.2 Å². The lowest BCUT2D eigenvalue weighted by molar-refractivity contribution is 0.281. The second-order valence-electron chi connectivity index (χ2n) is 5.36. The van der Waals surface area contributed by atoms with Crippen molar-refractivity contribution in [1.82, 2.24) is 9.97 Å². The van der Waals surface area contributed by atoms with Gasteiger partial charge in [0.05, 0.1) is 23.4 Å². The van der Waals surface area contributed by atoms with Crippen LogP contribution in [0.15, 0.2) is 5.16 Å². The molecule has 0 amide bonds. The van der Waals surface area contributed by atoms with Crippen LogP contribution in [0.2, 0.25) is 0 Å². The number of fused-ring (bicyclic) bond motifs is 3. The molecule has 0 fully saturated rings. The number of thioether (sulfide) groups is 1. The Morgan fingerprint density at radius 1 is 1.14 bits per heavy atom. The van der Waals surface area contributed by atoms with Crippen LogP contribution in [0.3, 0.4) is 0 Å². The number of aromatic nitrogens is 2. The SMILES string of the molecule is CSc1nc(N(CCO)CCO)c2sc3c(c2n1)CCCC3. The highest BCUT2D eigenvalue weighted by molar-refractivity contribution is 7.98. The number of nitrogens with zero attached hydrogens (tertiary/aromatic N) is 3. The van der Waals surface area contributed by atoms with Crippen molar-refractivity contribution in [3.05, 3.63) is 10.4 Å². The van der Waals surface area contributed by atoms with Crippen LogP contribution in [-0.4, -0.2) is 52.7 Å². The second kappa shape index (κ2) is 7.12. The highest BCUT2D eigenvalue weighted by atomic mass is 32.2. The Labute approximate surface area is 138 Å². The first kappa shape index (κ1) is 16.0. The van der Waals surface area contributed by atoms with Gasteiger partial charge in [0.15, 0.2) is 11.0 Å². The first-order chi connectivity index (χ1) is 10.8. The summed E-state index contributed by atoms with van der Waals surface area (Å²) in [6.07, 6.45) is 6.68. The summed E-state index contributed by atoms with van der Waals surface area (Å²) in [5.41, 5.74) is 2.47. The molecular weight excluding hydrogens is 318 g/mol. The number of aliphatic hydroxyl groups is 2. The lowest BCUT2D eigenvalue weighted by atomic mass is 9.98. The van der Waals surface area contributed by atoms with Gasteiger partial charge < -0.3 is 15.1 Å². The van der Waals surface area contributed by atoms with Crippen LogP contribution in [0.1, 0.15) is 23.3 Å². The summed E-state index contributed by atoms with van der Waals surface area (Å²) < 4.78 is 1.10. The molecule has 0 radical (unpaired) electrons. The standard InChI is InChI=1S/C15H21N3O2S2/c1-21-15-16-12-10-4-2-3-5-11(10)22-13(12)14(17-15)18(6-8-19)7-9-20/h19-20H,2-9H2,1H3. The topological polar surface area (TPSA) is 69.5 Å². The zero-order valence-corrected chi connectivity index (χ0v) is 14.3. The van der Waals surface area contributed by atoms with Gasteiger partial charge in [-0.3, -0.25) is 0 Å². The monoisotopic (exact) mass is 339 g/mol. The number of thiophene rings is 1. The maximum absolute atomic E-state index is 9.32. The summed E-state index contributed by atoms with van der Waals surface area (Å²) in [7, 11) is 0. The van der Waals surface area contributed by atoms with Crippen LogP contribution < -0.4 is 4.90 Å². The van der Waals surface area contributed by atoms with Crippen molar-refractivity contribution in [3.8, 4) is 0 Å². The van der Waals surface area contributed by atoms with Gasteiger partial charge in [0.2, 0.25) is 0 Å². The van der Waals surface area contributed by atoms with E-state index < -0.39 is 0 Å². The number of hydrogen-bond donors (Lipinski definition) is 2. The van der Waals surface area contributed by atoms with Gasteiger partial charge in [-0.05, 0) is 37.5 Å². The zero-order chi connectivity index (χ0) is 15.5. The molecule has 0 saturated heterocycles. The summed E-state index contributed by atoms with van der Waals surface area (Å²) in [5, 5.41) is 19.4. The smallest absolute Gasteiger partial charge is 0.189 e. The van der Waals surface area contributed by atoms with Crippen LogP contribution in [0, 0.1) is 0 Å². The lowest BCUT2D eigenvalue weighted by Gasteiger charge is -2.22. The molecule has 0 aromatic carbocycles. The minimum absolute atomic E-state index is 0.0468. The maximum Gasteiger partial charge on any atom is 0.189 e. The van der Waals surface area contributed by atoms with Gasteiger partial charge in [-0.25, -0.2) is 9.97 Å². The van der Waals surface area contributed by atoms with E-state index in [1.807, 2.05) is 11.2 Å². The van der Waals surface area contributed by atoms with E-state index in [1.165, 1.54) is 35.0 Å². The van der Waals surface area contributed by atoms with Crippen LogP contribution in [0.5, 0.6) is 0 Å². The molecule has 0 unspecified atom stereocenters. The fraction of sp³-hybridized carbons (Fsp3) is 0.600. The molecule has 1 aliphatic carbocycles. The summed E-state index contributed by atoms with van der Waals surface area (Å²) in [5.74, 6) is 0.858. The number of hydrogen-bond acceptors (Lipinski definition) is 7. The fourth-order valence-electron chi connectivity index (χ4n) is 2.95. The lowest BCUT2D eigenvalue weighted by Crippen LogP contribution is -2.30. The molecule has 22 heavy (non-hydrogen) atoms. The van der Waals surface area contributed by atoms with Crippen molar-refractivity contribution in [1.29, 1.82) is 0 Å². The van der Waals surface area contributed by atoms with Gasteiger partial charge in [-0.2, -0.15) is 0 Å². The van der Waals surface area contributed by atoms with Gasteiger partial charge in [0.1, 0.15) is 0 Å². The number of aliphatic hydroxyl groups excluding tert-OH is 2. The molecular formula is C15H21N3O2S2. The Morgan fingerprint density at radius 3 is 2.55 bits per heavy atom. The molecule has 2 heterocycles. The van der Waals surface area contributed by atoms with Crippen LogP contribution in [0.4, 0.5) is 5.82 Å². The quantitative estimate of drug-likeness (QED) is 0.620. The van der Waals surface area contributed by atoms with E-state index in [0.29, 0.717) is 13.1 Å². The van der Waals surface area contributed by atoms with Crippen molar-refractivity contribution in [2.24, 2.45) is 0 Å². The molecule has 5 nitrogen and oxygen atoms in total. The average molecular weight is 339 g/mol. The van der Waals surface area contributed by atoms with Crippen molar-refractivity contribution in [2.45, 2.75) is 30.8 Å². The third-order valence-electron chi connectivity index (χ3n) is 3.98. The van der Waals surface area contributed by atoms with Crippen LogP contribution in [0.25, 0.3) is 10.2 Å². The Morgan fingerprint density at radius 2 is 1.86 bits per heavy atom. The van der Waals surface area contributed by atoms with Crippen molar-refractivity contribution < 1.29 is 10.2 Å². The van der Waals surface area contributed by atoms with E-state index in [9.17, 15) is 10.2 Å². The second-order valence-corrected chi connectivity index (χ2v) is 7.24. The van der Waals surface area contributed by atoms with E-state index in [0.717, 1.165) is 34.0 Å². The van der Waals surface area contributed by atoms with Gasteiger partial charge >= 0.3 is 0 Å². The van der Waals surface area contributed by atoms with Crippen molar-refractivity contribution in [2.75, 3.05) is 37.5 Å². The van der Waals surface area contributed by atoms with E-state index in [4.69, 9.17) is 4.98 Å². The first-order valence-corrected chi connectivity index (χ1v) is 9.65. The van der Waals surface area contributed by atoms with E-state index in [2.05, 4.69) is 4.98 Å². The molecule has 0 atom stereocenters. The maximum atomic E-state index is 9.32. The predicted molar refractivity (Wildman–Crippen MR) is 92.2 cm³/mol. The summed E-state index contributed by atoms with van der Waals surface area (Å²) in [4.78, 5) is 12.8. The molecule has 0 spiro atoms. The number of anilines is 1. The summed E-state index contributed by atoms with van der Waals surface area (Å²) in [6.45, 7) is 1.04. The minimum Gasteiger partial charge on any atom is -0.395 e. The third kappa shape index (κ3) is 2.95. The summed E-state index contributed by atoms with van der Waals surface area (Å²) >= 11 is 3.32. The van der Waals surface area contributed by atoms with E-state index >= 15 is 0 Å². The average Bonchev–Trinajstić information content (AvgIpc) is 2.92. The van der Waals surface area contributed by atoms with Gasteiger partial charge in [0.25, 0.3) is 0 Å². The normalized spacial score (nSPS) is 14.3. The Hall–Kier alpha value is -0.890. The van der Waals surface area contributed by atoms with E-state index in [1.54, 1.807) is 11.3 Å². The predicted octanol–water partition coefficient (Wildman–Crippen LogP) is 2.08. The zero-order valence-electron chi connectivity index (χ0n) is 12.7. The minimum atomic E-state index is 0.0468. The Balaban J connectivity index is 2.16. The van der Waals surface area contributed by atoms with Gasteiger partial charge in [-0.15, -0.1) is 11.3 Å². The molecule has 7 heteroatoms. The highest BCUT2D eigenvalue weighted by Gasteiger charge is 2.22. The van der Waals surface area contributed by atoms with Crippen molar-refractivity contribution >= 4 is 39.1 Å². The van der Waals surface area contributed by atoms with Gasteiger partial charge in [-0.1, -0.05) is 11.8 Å². The van der Waals surface area contributed by atoms with Gasteiger partial charge in [0, 0.05) is 18.0 Å². The number of rotatable bonds is 6. The van der Waals surface area contributed by atoms with Crippen molar-refractivity contribution in [3.63, 3.8) is 0 Å². The Kier molecular flexibility index (Phi) is 5.18. The van der Waals surface area contributed by atoms with Crippen LogP contribution >= 0.6 is 23.1 Å². The molecule has 2 aromatic heterocycles. The Bertz CT molecular complexity index is 654. The highest BCUT2D eigenvalue weighted by Crippen LogP contribution is 2.40. The molecule has 2 N–H and O–H groups in total. The largest absolute Gasteiger partial charge is 0.395 e. The van der Waals surface area contributed by atoms with Crippen LogP contribution in [-0.2, 0) is 12.8 Å². The molecule has 0 saturated carbocycles. The molecule has 2 aromatic rings.